The Kier molecular flexibility index (Phi) is 4.20. The highest BCUT2D eigenvalue weighted by atomic mass is 19.4. The summed E-state index contributed by atoms with van der Waals surface area (Å²) in [6.45, 7) is 2.91. The number of hydrogen-bond acceptors (Lipinski definition) is 6. The van der Waals surface area contributed by atoms with Gasteiger partial charge in [-0.1, -0.05) is 11.2 Å². The lowest BCUT2D eigenvalue weighted by Gasteiger charge is -2.24. The number of aromatic nitrogens is 3. The van der Waals surface area contributed by atoms with Gasteiger partial charge in [-0.2, -0.15) is 18.2 Å². The molecule has 0 aromatic carbocycles. The number of halogens is 3. The molecule has 9 heteroatoms. The van der Waals surface area contributed by atoms with Crippen molar-refractivity contribution in [3.8, 4) is 0 Å². The van der Waals surface area contributed by atoms with Gasteiger partial charge < -0.3 is 4.52 Å². The van der Waals surface area contributed by atoms with Crippen molar-refractivity contribution in [3.63, 3.8) is 0 Å². The molecule has 0 spiro atoms. The van der Waals surface area contributed by atoms with Crippen LogP contribution in [-0.4, -0.2) is 50.1 Å². The van der Waals surface area contributed by atoms with Crippen LogP contribution in [0.4, 0.5) is 13.2 Å². The maximum Gasteiger partial charge on any atom is 0.455 e. The molecule has 2 fully saturated rings. The van der Waals surface area contributed by atoms with E-state index in [1.807, 2.05) is 12.3 Å². The molecule has 2 atom stereocenters. The van der Waals surface area contributed by atoms with E-state index >= 15 is 0 Å². The van der Waals surface area contributed by atoms with Crippen molar-refractivity contribution in [1.82, 2.24) is 24.9 Å². The largest absolute Gasteiger partial charge is 0.455 e. The highest BCUT2D eigenvalue weighted by molar-refractivity contribution is 5.10. The number of likely N-dealkylation sites (tertiary alicyclic amines) is 2. The van der Waals surface area contributed by atoms with E-state index in [0.717, 1.165) is 32.5 Å². The molecule has 25 heavy (non-hydrogen) atoms. The number of nitrogens with zero attached hydrogens (tertiary/aromatic N) is 5. The molecule has 4 rings (SSSR count). The summed E-state index contributed by atoms with van der Waals surface area (Å²) < 4.78 is 42.5. The Labute approximate surface area is 142 Å². The molecule has 2 aromatic heterocycles. The van der Waals surface area contributed by atoms with E-state index in [9.17, 15) is 13.2 Å². The van der Waals surface area contributed by atoms with E-state index in [1.165, 1.54) is 5.56 Å². The van der Waals surface area contributed by atoms with Crippen LogP contribution in [0, 0.1) is 0 Å². The molecule has 6 nitrogen and oxygen atoms in total. The summed E-state index contributed by atoms with van der Waals surface area (Å²) in [6, 6.07) is 4.71. The first-order valence-corrected chi connectivity index (χ1v) is 8.27. The van der Waals surface area contributed by atoms with Gasteiger partial charge in [0.05, 0.1) is 6.54 Å². The number of rotatable bonds is 4. The van der Waals surface area contributed by atoms with Crippen LogP contribution in [0.15, 0.2) is 29.0 Å². The fraction of sp³-hybridized carbons (Fsp3) is 0.562. The third kappa shape index (κ3) is 3.38. The molecule has 0 unspecified atom stereocenters. The van der Waals surface area contributed by atoms with Gasteiger partial charge in [-0.15, -0.1) is 0 Å². The first kappa shape index (κ1) is 16.5. The zero-order valence-corrected chi connectivity index (χ0v) is 13.5. The number of alkyl halides is 3. The van der Waals surface area contributed by atoms with Gasteiger partial charge in [-0.25, -0.2) is 0 Å². The fourth-order valence-electron chi connectivity index (χ4n) is 3.89. The van der Waals surface area contributed by atoms with Gasteiger partial charge in [0.2, 0.25) is 5.89 Å². The van der Waals surface area contributed by atoms with Crippen molar-refractivity contribution >= 4 is 0 Å². The maximum atomic E-state index is 12.6. The van der Waals surface area contributed by atoms with E-state index < -0.39 is 12.0 Å². The van der Waals surface area contributed by atoms with Crippen LogP contribution in [0.25, 0.3) is 0 Å². The SMILES string of the molecule is FC(F)(F)c1noc(CN2CC[C@H]3[C@@H]2CCN3Cc2cccnc2)n1. The Morgan fingerprint density at radius 2 is 1.84 bits per heavy atom. The molecule has 2 aliphatic heterocycles. The van der Waals surface area contributed by atoms with Gasteiger partial charge in [0.25, 0.3) is 5.82 Å². The van der Waals surface area contributed by atoms with Crippen LogP contribution < -0.4 is 0 Å². The Bertz CT molecular complexity index is 720. The van der Waals surface area contributed by atoms with Crippen LogP contribution in [0.1, 0.15) is 30.1 Å². The van der Waals surface area contributed by atoms with E-state index in [4.69, 9.17) is 4.52 Å². The lowest BCUT2D eigenvalue weighted by atomic mass is 10.1. The van der Waals surface area contributed by atoms with Gasteiger partial charge >= 0.3 is 6.18 Å². The molecular formula is C16H18F3N5O. The van der Waals surface area contributed by atoms with Crippen LogP contribution in [-0.2, 0) is 19.3 Å². The van der Waals surface area contributed by atoms with E-state index in [0.29, 0.717) is 12.1 Å². The molecule has 0 aliphatic carbocycles. The summed E-state index contributed by atoms with van der Waals surface area (Å²) in [6.07, 6.45) is 1.05. The predicted molar refractivity (Wildman–Crippen MR) is 81.2 cm³/mol. The molecule has 0 bridgehead atoms. The number of fused-ring (bicyclic) bond motifs is 1. The standard InChI is InChI=1S/C16H18F3N5O/c17-16(18,19)15-21-14(25-22-15)10-24-7-4-12-13(24)3-6-23(12)9-11-2-1-5-20-8-11/h1-2,5,8,12-13H,3-4,6-7,9-10H2/t12-,13-/m0/s1. The topological polar surface area (TPSA) is 58.3 Å². The second-order valence-corrected chi connectivity index (χ2v) is 6.52. The second kappa shape index (κ2) is 6.38. The van der Waals surface area contributed by atoms with Crippen molar-refractivity contribution < 1.29 is 17.7 Å². The summed E-state index contributed by atoms with van der Waals surface area (Å²) in [4.78, 5) is 12.2. The third-order valence-electron chi connectivity index (χ3n) is 4.97. The minimum Gasteiger partial charge on any atom is -0.338 e. The molecule has 134 valence electrons. The van der Waals surface area contributed by atoms with Gasteiger partial charge in [0.15, 0.2) is 0 Å². The molecule has 0 amide bonds. The average molecular weight is 353 g/mol. The van der Waals surface area contributed by atoms with Gasteiger partial charge in [-0.05, 0) is 24.5 Å². The Morgan fingerprint density at radius 3 is 2.44 bits per heavy atom. The molecular weight excluding hydrogens is 335 g/mol. The van der Waals surface area contributed by atoms with Gasteiger partial charge in [0.1, 0.15) is 0 Å². The second-order valence-electron chi connectivity index (χ2n) is 6.52. The Morgan fingerprint density at radius 1 is 1.12 bits per heavy atom. The van der Waals surface area contributed by atoms with E-state index in [-0.39, 0.29) is 12.4 Å². The van der Waals surface area contributed by atoms with Crippen molar-refractivity contribution in [2.24, 2.45) is 0 Å². The van der Waals surface area contributed by atoms with E-state index in [2.05, 4.69) is 31.0 Å². The minimum atomic E-state index is -4.57. The summed E-state index contributed by atoms with van der Waals surface area (Å²) >= 11 is 0. The quantitative estimate of drug-likeness (QED) is 0.841. The van der Waals surface area contributed by atoms with Gasteiger partial charge in [-0.3, -0.25) is 14.8 Å². The number of hydrogen-bond donors (Lipinski definition) is 0. The lowest BCUT2D eigenvalue weighted by Crippen LogP contribution is -2.36. The summed E-state index contributed by atoms with van der Waals surface area (Å²) in [5.74, 6) is -1.18. The molecule has 4 heterocycles. The van der Waals surface area contributed by atoms with Crippen LogP contribution in [0.3, 0.4) is 0 Å². The van der Waals surface area contributed by atoms with Gasteiger partial charge in [0, 0.05) is 44.1 Å². The minimum absolute atomic E-state index is 0.0266. The third-order valence-corrected chi connectivity index (χ3v) is 4.97. The summed E-state index contributed by atoms with van der Waals surface area (Å²) in [7, 11) is 0. The first-order valence-electron chi connectivity index (χ1n) is 8.27. The molecule has 0 N–H and O–H groups in total. The molecule has 2 saturated heterocycles. The zero-order valence-electron chi connectivity index (χ0n) is 13.5. The fourth-order valence-corrected chi connectivity index (χ4v) is 3.89. The summed E-state index contributed by atoms with van der Waals surface area (Å²) in [5.41, 5.74) is 1.17. The zero-order chi connectivity index (χ0) is 17.4. The van der Waals surface area contributed by atoms with Crippen LogP contribution in [0.2, 0.25) is 0 Å². The highest BCUT2D eigenvalue weighted by Crippen LogP contribution is 2.34. The molecule has 0 saturated carbocycles. The lowest BCUT2D eigenvalue weighted by molar-refractivity contribution is -0.146. The smallest absolute Gasteiger partial charge is 0.338 e. The van der Waals surface area contributed by atoms with Crippen molar-refractivity contribution in [3.05, 3.63) is 41.8 Å². The normalized spacial score (nSPS) is 24.8. The first-order chi connectivity index (χ1) is 12.0. The van der Waals surface area contributed by atoms with Crippen molar-refractivity contribution in [1.29, 1.82) is 0 Å². The predicted octanol–water partition coefficient (Wildman–Crippen LogP) is 2.33. The number of pyridine rings is 1. The van der Waals surface area contributed by atoms with E-state index in [1.54, 1.807) is 6.20 Å². The van der Waals surface area contributed by atoms with Crippen molar-refractivity contribution in [2.75, 3.05) is 13.1 Å². The summed E-state index contributed by atoms with van der Waals surface area (Å²) in [5, 5.41) is 3.03. The molecule has 0 radical (unpaired) electrons. The Hall–Kier alpha value is -2.00. The van der Waals surface area contributed by atoms with Crippen LogP contribution >= 0.6 is 0 Å². The Balaban J connectivity index is 1.39. The maximum absolute atomic E-state index is 12.6. The van der Waals surface area contributed by atoms with Crippen molar-refractivity contribution in [2.45, 2.75) is 44.2 Å². The highest BCUT2D eigenvalue weighted by Gasteiger charge is 2.43. The van der Waals surface area contributed by atoms with Crippen LogP contribution in [0.5, 0.6) is 0 Å². The monoisotopic (exact) mass is 353 g/mol. The molecule has 2 aliphatic rings. The molecule has 2 aromatic rings. The average Bonchev–Trinajstić information content (AvgIpc) is 3.27.